The van der Waals surface area contributed by atoms with Crippen molar-refractivity contribution in [2.45, 2.75) is 57.6 Å². The molecule has 2 fully saturated rings. The third-order valence-electron chi connectivity index (χ3n) is 5.26. The maximum atomic E-state index is 12.5. The van der Waals surface area contributed by atoms with E-state index in [2.05, 4.69) is 16.7 Å². The Morgan fingerprint density at radius 2 is 2.11 bits per heavy atom. The highest BCUT2D eigenvalue weighted by atomic mass is 16.5. The molecule has 3 rings (SSSR count). The zero-order valence-electron chi connectivity index (χ0n) is 16.4. The molecular formula is C21H31N3O3. The van der Waals surface area contributed by atoms with E-state index < -0.39 is 0 Å². The van der Waals surface area contributed by atoms with Crippen LogP contribution in [0.15, 0.2) is 24.3 Å². The van der Waals surface area contributed by atoms with Crippen molar-refractivity contribution in [1.82, 2.24) is 15.5 Å². The van der Waals surface area contributed by atoms with Gasteiger partial charge in [-0.25, -0.2) is 4.79 Å². The van der Waals surface area contributed by atoms with Gasteiger partial charge in [0, 0.05) is 43.8 Å². The third-order valence-corrected chi connectivity index (χ3v) is 5.26. The summed E-state index contributed by atoms with van der Waals surface area (Å²) < 4.78 is 5.56. The molecule has 2 unspecified atom stereocenters. The van der Waals surface area contributed by atoms with Crippen LogP contribution in [0.3, 0.4) is 0 Å². The summed E-state index contributed by atoms with van der Waals surface area (Å²) in [7, 11) is 0. The van der Waals surface area contributed by atoms with E-state index in [9.17, 15) is 9.59 Å². The highest BCUT2D eigenvalue weighted by Crippen LogP contribution is 2.27. The average Bonchev–Trinajstić information content (AvgIpc) is 3.19. The Labute approximate surface area is 161 Å². The Kier molecular flexibility index (Phi) is 6.72. The second-order valence-electron chi connectivity index (χ2n) is 7.86. The van der Waals surface area contributed by atoms with Crippen LogP contribution >= 0.6 is 0 Å². The van der Waals surface area contributed by atoms with Gasteiger partial charge in [0.15, 0.2) is 0 Å². The van der Waals surface area contributed by atoms with E-state index in [1.54, 1.807) is 0 Å². The number of carbonyl (C=O) groups excluding carboxylic acids is 2. The number of urea groups is 1. The number of piperidine rings is 1. The lowest BCUT2D eigenvalue weighted by Crippen LogP contribution is -2.47. The van der Waals surface area contributed by atoms with Crippen molar-refractivity contribution in [3.8, 4) is 0 Å². The fraction of sp³-hybridized carbons (Fsp3) is 0.619. The maximum Gasteiger partial charge on any atom is 0.317 e. The fourth-order valence-corrected chi connectivity index (χ4v) is 3.82. The second kappa shape index (κ2) is 9.22. The van der Waals surface area contributed by atoms with Gasteiger partial charge in [0.2, 0.25) is 0 Å². The lowest BCUT2D eigenvalue weighted by molar-refractivity contribution is 0.0857. The molecule has 2 heterocycles. The first-order valence-electron chi connectivity index (χ1n) is 10.1. The van der Waals surface area contributed by atoms with Crippen molar-refractivity contribution in [3.63, 3.8) is 0 Å². The van der Waals surface area contributed by atoms with Crippen LogP contribution < -0.4 is 10.6 Å². The number of carbonyl (C=O) groups is 2. The highest BCUT2D eigenvalue weighted by Gasteiger charge is 2.25. The smallest absolute Gasteiger partial charge is 0.317 e. The van der Waals surface area contributed by atoms with Gasteiger partial charge in [-0.05, 0) is 57.2 Å². The molecule has 0 aliphatic carbocycles. The van der Waals surface area contributed by atoms with Crippen LogP contribution in [0.1, 0.15) is 61.4 Å². The number of benzene rings is 1. The van der Waals surface area contributed by atoms with Crippen LogP contribution in [-0.2, 0) is 4.74 Å². The Morgan fingerprint density at radius 1 is 1.26 bits per heavy atom. The molecule has 1 aromatic rings. The van der Waals surface area contributed by atoms with Crippen molar-refractivity contribution in [1.29, 1.82) is 0 Å². The minimum atomic E-state index is -0.0578. The standard InChI is InChI=1S/C21H31N3O3/c1-15(2)23-21(26)24-10-4-8-18(14-24)16-6-3-7-17(12-16)20(25)22-13-19-9-5-11-27-19/h3,6-7,12,15,18-19H,4-5,8-11,13-14H2,1-2H3,(H,22,25)(H,23,26). The molecule has 0 aromatic heterocycles. The first kappa shape index (κ1) is 19.7. The topological polar surface area (TPSA) is 70.7 Å². The van der Waals surface area contributed by atoms with Gasteiger partial charge in [-0.1, -0.05) is 12.1 Å². The van der Waals surface area contributed by atoms with Gasteiger partial charge in [0.25, 0.3) is 5.91 Å². The van der Waals surface area contributed by atoms with Gasteiger partial charge >= 0.3 is 6.03 Å². The minimum absolute atomic E-state index is 0.000149. The third kappa shape index (κ3) is 5.45. The molecule has 2 aliphatic heterocycles. The lowest BCUT2D eigenvalue weighted by atomic mass is 9.89. The summed E-state index contributed by atoms with van der Waals surface area (Å²) in [5.41, 5.74) is 1.80. The quantitative estimate of drug-likeness (QED) is 0.834. The van der Waals surface area contributed by atoms with E-state index in [4.69, 9.17) is 4.74 Å². The van der Waals surface area contributed by atoms with Gasteiger partial charge in [-0.3, -0.25) is 4.79 Å². The van der Waals surface area contributed by atoms with E-state index >= 15 is 0 Å². The Balaban J connectivity index is 1.60. The second-order valence-corrected chi connectivity index (χ2v) is 7.86. The summed E-state index contributed by atoms with van der Waals surface area (Å²) in [6.45, 7) is 6.78. The molecule has 6 heteroatoms. The molecule has 3 amide bonds. The Bertz CT molecular complexity index is 656. The van der Waals surface area contributed by atoms with Crippen molar-refractivity contribution < 1.29 is 14.3 Å². The van der Waals surface area contributed by atoms with E-state index in [1.807, 2.05) is 36.9 Å². The van der Waals surface area contributed by atoms with E-state index in [0.717, 1.165) is 44.4 Å². The van der Waals surface area contributed by atoms with Gasteiger partial charge in [-0.15, -0.1) is 0 Å². The SMILES string of the molecule is CC(C)NC(=O)N1CCCC(c2cccc(C(=O)NCC3CCCO3)c2)C1. The van der Waals surface area contributed by atoms with E-state index in [-0.39, 0.29) is 30.0 Å². The number of amides is 3. The van der Waals surface area contributed by atoms with Crippen LogP contribution in [0, 0.1) is 0 Å². The lowest BCUT2D eigenvalue weighted by Gasteiger charge is -2.33. The van der Waals surface area contributed by atoms with Gasteiger partial charge < -0.3 is 20.3 Å². The molecule has 6 nitrogen and oxygen atoms in total. The van der Waals surface area contributed by atoms with Crippen molar-refractivity contribution in [2.75, 3.05) is 26.2 Å². The summed E-state index contributed by atoms with van der Waals surface area (Å²) in [6.07, 6.45) is 4.23. The zero-order valence-corrected chi connectivity index (χ0v) is 16.4. The van der Waals surface area contributed by atoms with Gasteiger partial charge in [-0.2, -0.15) is 0 Å². The summed E-state index contributed by atoms with van der Waals surface area (Å²) in [5.74, 6) is 0.208. The minimum Gasteiger partial charge on any atom is -0.376 e. The number of nitrogens with one attached hydrogen (secondary N) is 2. The van der Waals surface area contributed by atoms with Gasteiger partial charge in [0.1, 0.15) is 0 Å². The number of likely N-dealkylation sites (tertiary alicyclic amines) is 1. The molecule has 0 bridgehead atoms. The van der Waals surface area contributed by atoms with E-state index in [0.29, 0.717) is 18.7 Å². The number of nitrogens with zero attached hydrogens (tertiary/aromatic N) is 1. The van der Waals surface area contributed by atoms with Crippen LogP contribution in [0.2, 0.25) is 0 Å². The molecule has 0 saturated carbocycles. The van der Waals surface area contributed by atoms with Crippen LogP contribution in [0.4, 0.5) is 4.79 Å². The molecule has 2 atom stereocenters. The number of rotatable bonds is 5. The Hall–Kier alpha value is -2.08. The van der Waals surface area contributed by atoms with Crippen molar-refractivity contribution in [2.24, 2.45) is 0 Å². The summed E-state index contributed by atoms with van der Waals surface area (Å²) >= 11 is 0. The monoisotopic (exact) mass is 373 g/mol. The molecule has 27 heavy (non-hydrogen) atoms. The maximum absolute atomic E-state index is 12.5. The first-order valence-corrected chi connectivity index (χ1v) is 10.1. The molecule has 2 saturated heterocycles. The molecule has 0 radical (unpaired) electrons. The van der Waals surface area contributed by atoms with E-state index in [1.165, 1.54) is 0 Å². The zero-order chi connectivity index (χ0) is 19.2. The predicted octanol–water partition coefficient (Wildman–Crippen LogP) is 2.89. The van der Waals surface area contributed by atoms with Gasteiger partial charge in [0.05, 0.1) is 6.10 Å². The summed E-state index contributed by atoms with van der Waals surface area (Å²) in [5, 5.41) is 5.95. The predicted molar refractivity (Wildman–Crippen MR) is 105 cm³/mol. The van der Waals surface area contributed by atoms with Crippen molar-refractivity contribution >= 4 is 11.9 Å². The largest absolute Gasteiger partial charge is 0.376 e. The van der Waals surface area contributed by atoms with Crippen LogP contribution in [0.5, 0.6) is 0 Å². The van der Waals surface area contributed by atoms with Crippen LogP contribution in [-0.4, -0.2) is 55.2 Å². The molecule has 2 N–H and O–H groups in total. The number of hydrogen-bond donors (Lipinski definition) is 2. The molecule has 0 spiro atoms. The van der Waals surface area contributed by atoms with Crippen molar-refractivity contribution in [3.05, 3.63) is 35.4 Å². The fourth-order valence-electron chi connectivity index (χ4n) is 3.82. The molecular weight excluding hydrogens is 342 g/mol. The van der Waals surface area contributed by atoms with Crippen LogP contribution in [0.25, 0.3) is 0 Å². The molecule has 148 valence electrons. The molecule has 2 aliphatic rings. The molecule has 1 aromatic carbocycles. The number of hydrogen-bond acceptors (Lipinski definition) is 3. The normalized spacial score (nSPS) is 22.7. The summed E-state index contributed by atoms with van der Waals surface area (Å²) in [4.78, 5) is 26.7. The Morgan fingerprint density at radius 3 is 2.85 bits per heavy atom. The summed E-state index contributed by atoms with van der Waals surface area (Å²) in [6, 6.07) is 7.95. The number of ether oxygens (including phenoxy) is 1. The average molecular weight is 373 g/mol. The first-order chi connectivity index (χ1) is 13.0. The highest BCUT2D eigenvalue weighted by molar-refractivity contribution is 5.94.